The van der Waals surface area contributed by atoms with E-state index in [4.69, 9.17) is 4.42 Å². The normalized spacial score (nSPS) is 10.7. The third-order valence-electron chi connectivity index (χ3n) is 2.71. The number of benzene rings is 1. The van der Waals surface area contributed by atoms with Crippen LogP contribution in [0.3, 0.4) is 0 Å². The number of fused-ring (bicyclic) bond motifs is 1. The highest BCUT2D eigenvalue weighted by molar-refractivity contribution is 5.78. The van der Waals surface area contributed by atoms with Gasteiger partial charge in [-0.25, -0.2) is 4.98 Å². The molecule has 19 heavy (non-hydrogen) atoms. The van der Waals surface area contributed by atoms with Gasteiger partial charge < -0.3 is 14.3 Å². The lowest BCUT2D eigenvalue weighted by molar-refractivity contribution is -0.304. The number of carboxylic acids is 1. The topological polar surface area (TPSA) is 79.0 Å². The molecule has 0 atom stereocenters. The Labute approximate surface area is 108 Å². The molecule has 0 N–H and O–H groups in total. The molecular weight excluding hydrogens is 244 g/mol. The highest BCUT2D eigenvalue weighted by atomic mass is 16.4. The van der Waals surface area contributed by atoms with E-state index in [2.05, 4.69) is 9.97 Å². The second-order valence-corrected chi connectivity index (χ2v) is 4.11. The Morgan fingerprint density at radius 2 is 2.21 bits per heavy atom. The highest BCUT2D eigenvalue weighted by Gasteiger charge is 2.08. The Hall–Kier alpha value is -2.69. The van der Waals surface area contributed by atoms with Crippen LogP contribution in [0.5, 0.6) is 0 Å². The summed E-state index contributed by atoms with van der Waals surface area (Å²) in [6.45, 7) is 0. The quantitative estimate of drug-likeness (QED) is 0.700. The van der Waals surface area contributed by atoms with Gasteiger partial charge in [0.05, 0.1) is 5.56 Å². The molecule has 0 aliphatic rings. The minimum Gasteiger partial charge on any atom is -0.550 e. The second-order valence-electron chi connectivity index (χ2n) is 4.11. The average Bonchev–Trinajstić information content (AvgIpc) is 2.82. The molecule has 0 fully saturated rings. The van der Waals surface area contributed by atoms with E-state index >= 15 is 0 Å². The van der Waals surface area contributed by atoms with Gasteiger partial charge in [-0.15, -0.1) is 0 Å². The summed E-state index contributed by atoms with van der Waals surface area (Å²) in [5.41, 5.74) is 2.65. The van der Waals surface area contributed by atoms with Crippen molar-refractivity contribution in [2.24, 2.45) is 0 Å². The van der Waals surface area contributed by atoms with Gasteiger partial charge in [0.2, 0.25) is 5.89 Å². The smallest absolute Gasteiger partial charge is 0.228 e. The monoisotopic (exact) mass is 253 g/mol. The largest absolute Gasteiger partial charge is 0.550 e. The van der Waals surface area contributed by atoms with Crippen LogP contribution in [-0.2, 0) is 11.2 Å². The molecule has 1 aromatic carbocycles. The molecule has 5 nitrogen and oxygen atoms in total. The van der Waals surface area contributed by atoms with Crippen LogP contribution in [0, 0.1) is 0 Å². The molecule has 0 saturated carbocycles. The van der Waals surface area contributed by atoms with E-state index in [9.17, 15) is 9.90 Å². The van der Waals surface area contributed by atoms with Gasteiger partial charge in [0, 0.05) is 24.8 Å². The number of pyridine rings is 1. The molecule has 0 saturated heterocycles. The number of oxazole rings is 1. The van der Waals surface area contributed by atoms with E-state index in [0.29, 0.717) is 22.6 Å². The number of carbonyl (C=O) groups excluding carboxylic acids is 1. The molecule has 3 rings (SSSR count). The summed E-state index contributed by atoms with van der Waals surface area (Å²) >= 11 is 0. The van der Waals surface area contributed by atoms with Crippen LogP contribution in [0.25, 0.3) is 22.6 Å². The number of hydrogen-bond donors (Lipinski definition) is 0. The van der Waals surface area contributed by atoms with Crippen molar-refractivity contribution < 1.29 is 14.3 Å². The summed E-state index contributed by atoms with van der Waals surface area (Å²) in [7, 11) is 0. The Bertz CT molecular complexity index is 735. The molecule has 3 aromatic rings. The maximum absolute atomic E-state index is 10.6. The van der Waals surface area contributed by atoms with Gasteiger partial charge in [-0.1, -0.05) is 6.07 Å². The highest BCUT2D eigenvalue weighted by Crippen LogP contribution is 2.24. The number of aromatic nitrogens is 2. The minimum atomic E-state index is -1.12. The fourth-order valence-electron chi connectivity index (χ4n) is 1.86. The molecule has 0 unspecified atom stereocenters. The maximum Gasteiger partial charge on any atom is 0.228 e. The molecule has 5 heteroatoms. The van der Waals surface area contributed by atoms with E-state index < -0.39 is 5.97 Å². The number of carboxylic acid groups (broad SMARTS) is 1. The van der Waals surface area contributed by atoms with Crippen molar-refractivity contribution in [3.8, 4) is 11.5 Å². The van der Waals surface area contributed by atoms with Gasteiger partial charge in [-0.2, -0.15) is 0 Å². The van der Waals surface area contributed by atoms with Crippen molar-refractivity contribution in [2.75, 3.05) is 0 Å². The Morgan fingerprint density at radius 1 is 1.32 bits per heavy atom. The van der Waals surface area contributed by atoms with E-state index in [-0.39, 0.29) is 6.42 Å². The van der Waals surface area contributed by atoms with Crippen LogP contribution in [0.1, 0.15) is 5.56 Å². The Morgan fingerprint density at radius 3 is 2.95 bits per heavy atom. The molecule has 0 aliphatic heterocycles. The van der Waals surface area contributed by atoms with Gasteiger partial charge >= 0.3 is 0 Å². The predicted molar refractivity (Wildman–Crippen MR) is 66.0 cm³/mol. The fourth-order valence-corrected chi connectivity index (χ4v) is 1.86. The van der Waals surface area contributed by atoms with Crippen molar-refractivity contribution in [2.45, 2.75) is 6.42 Å². The molecule has 2 aromatic heterocycles. The molecule has 2 heterocycles. The maximum atomic E-state index is 10.6. The van der Waals surface area contributed by atoms with Gasteiger partial charge in [-0.05, 0) is 29.8 Å². The van der Waals surface area contributed by atoms with Crippen molar-refractivity contribution in [3.05, 3.63) is 48.3 Å². The van der Waals surface area contributed by atoms with Crippen molar-refractivity contribution in [1.29, 1.82) is 0 Å². The zero-order chi connectivity index (χ0) is 13.2. The van der Waals surface area contributed by atoms with Gasteiger partial charge in [0.15, 0.2) is 5.58 Å². The number of aliphatic carboxylic acids is 1. The van der Waals surface area contributed by atoms with Crippen LogP contribution in [0.2, 0.25) is 0 Å². The molecule has 0 bridgehead atoms. The van der Waals surface area contributed by atoms with Crippen molar-refractivity contribution in [3.63, 3.8) is 0 Å². The van der Waals surface area contributed by atoms with Crippen molar-refractivity contribution >= 4 is 17.1 Å². The standard InChI is InChI=1S/C14H10N2O3/c17-13(18)7-9-3-4-12-11(6-9)16-14(19-12)10-2-1-5-15-8-10/h1-6,8H,7H2,(H,17,18)/p-1. The summed E-state index contributed by atoms with van der Waals surface area (Å²) in [6, 6.07) is 8.73. The second kappa shape index (κ2) is 4.53. The third kappa shape index (κ3) is 2.30. The summed E-state index contributed by atoms with van der Waals surface area (Å²) in [6.07, 6.45) is 3.20. The van der Waals surface area contributed by atoms with E-state index in [1.807, 2.05) is 6.07 Å². The SMILES string of the molecule is O=C([O-])Cc1ccc2oc(-c3cccnc3)nc2c1. The first-order valence-electron chi connectivity index (χ1n) is 5.72. The zero-order valence-electron chi connectivity index (χ0n) is 9.87. The lowest BCUT2D eigenvalue weighted by Gasteiger charge is -2.00. The molecule has 0 radical (unpaired) electrons. The average molecular weight is 253 g/mol. The van der Waals surface area contributed by atoms with Crippen LogP contribution in [0.4, 0.5) is 0 Å². The van der Waals surface area contributed by atoms with Crippen LogP contribution in [-0.4, -0.2) is 15.9 Å². The molecular formula is C14H9N2O3-. The van der Waals surface area contributed by atoms with Crippen LogP contribution >= 0.6 is 0 Å². The lowest BCUT2D eigenvalue weighted by atomic mass is 10.1. The fraction of sp³-hybridized carbons (Fsp3) is 0.0714. The van der Waals surface area contributed by atoms with Crippen LogP contribution in [0.15, 0.2) is 47.1 Å². The summed E-state index contributed by atoms with van der Waals surface area (Å²) in [5, 5.41) is 10.6. The van der Waals surface area contributed by atoms with Gasteiger partial charge in [-0.3, -0.25) is 4.98 Å². The van der Waals surface area contributed by atoms with E-state index in [1.54, 1.807) is 36.7 Å². The molecule has 0 aliphatic carbocycles. The first kappa shape index (κ1) is 11.4. The summed E-state index contributed by atoms with van der Waals surface area (Å²) < 4.78 is 5.60. The van der Waals surface area contributed by atoms with E-state index in [0.717, 1.165) is 5.56 Å². The molecule has 94 valence electrons. The number of nitrogens with zero attached hydrogens (tertiary/aromatic N) is 2. The first-order valence-corrected chi connectivity index (χ1v) is 5.72. The van der Waals surface area contributed by atoms with Crippen LogP contribution < -0.4 is 5.11 Å². The molecule has 0 amide bonds. The van der Waals surface area contributed by atoms with E-state index in [1.165, 1.54) is 0 Å². The third-order valence-corrected chi connectivity index (χ3v) is 2.71. The Balaban J connectivity index is 2.04. The predicted octanol–water partition coefficient (Wildman–Crippen LogP) is 1.18. The number of carbonyl (C=O) groups is 1. The number of rotatable bonds is 3. The van der Waals surface area contributed by atoms with Gasteiger partial charge in [0.25, 0.3) is 0 Å². The minimum absolute atomic E-state index is 0.134. The number of hydrogen-bond acceptors (Lipinski definition) is 5. The lowest BCUT2D eigenvalue weighted by Crippen LogP contribution is -2.24. The first-order chi connectivity index (χ1) is 9.22. The van der Waals surface area contributed by atoms with Crippen molar-refractivity contribution in [1.82, 2.24) is 9.97 Å². The Kier molecular flexibility index (Phi) is 2.72. The molecule has 0 spiro atoms. The summed E-state index contributed by atoms with van der Waals surface area (Å²) in [4.78, 5) is 18.9. The zero-order valence-corrected chi connectivity index (χ0v) is 9.87. The summed E-state index contributed by atoms with van der Waals surface area (Å²) in [5.74, 6) is -0.649. The van der Waals surface area contributed by atoms with Gasteiger partial charge in [0.1, 0.15) is 5.52 Å².